The highest BCUT2D eigenvalue weighted by molar-refractivity contribution is 7.99. The Hall–Kier alpha value is 0.0500. The van der Waals surface area contributed by atoms with Crippen LogP contribution in [-0.2, 0) is 0 Å². The van der Waals surface area contributed by atoms with Gasteiger partial charge in [-0.1, -0.05) is 13.0 Å². The molecule has 0 radical (unpaired) electrons. The minimum Gasteiger partial charge on any atom is -0.317 e. The third kappa shape index (κ3) is 8.05. The molecule has 0 aliphatic heterocycles. The van der Waals surface area contributed by atoms with E-state index in [1.165, 1.54) is 12.2 Å². The molecule has 0 atom stereocenters. The Morgan fingerprint density at radius 1 is 1.60 bits per heavy atom. The van der Waals surface area contributed by atoms with Gasteiger partial charge in [0.25, 0.3) is 0 Å². The molecule has 60 valence electrons. The van der Waals surface area contributed by atoms with E-state index in [2.05, 4.69) is 18.8 Å². The SMILES string of the molecule is C=CCSCCCNCC. The van der Waals surface area contributed by atoms with E-state index in [1.54, 1.807) is 0 Å². The van der Waals surface area contributed by atoms with Crippen molar-refractivity contribution in [2.45, 2.75) is 13.3 Å². The Balaban J connectivity index is 2.70. The molecule has 0 unspecified atom stereocenters. The summed E-state index contributed by atoms with van der Waals surface area (Å²) in [5.74, 6) is 2.34. The van der Waals surface area contributed by atoms with Crippen molar-refractivity contribution in [1.82, 2.24) is 5.32 Å². The molecule has 0 aliphatic carbocycles. The van der Waals surface area contributed by atoms with Crippen LogP contribution < -0.4 is 5.32 Å². The standard InChI is InChI=1S/C8H17NS/c1-3-7-10-8-5-6-9-4-2/h3,9H,1,4-8H2,2H3. The molecule has 0 fully saturated rings. The lowest BCUT2D eigenvalue weighted by Crippen LogP contribution is -2.14. The summed E-state index contributed by atoms with van der Waals surface area (Å²) < 4.78 is 0. The van der Waals surface area contributed by atoms with Gasteiger partial charge in [0.2, 0.25) is 0 Å². The average Bonchev–Trinajstić information content (AvgIpc) is 1.97. The zero-order chi connectivity index (χ0) is 7.66. The fourth-order valence-corrected chi connectivity index (χ4v) is 1.32. The van der Waals surface area contributed by atoms with Crippen LogP contribution in [0.1, 0.15) is 13.3 Å². The van der Waals surface area contributed by atoms with Gasteiger partial charge in [-0.25, -0.2) is 0 Å². The Labute approximate surface area is 68.3 Å². The first-order valence-corrected chi connectivity index (χ1v) is 4.96. The summed E-state index contributed by atoms with van der Waals surface area (Å²) in [6, 6.07) is 0. The number of thioether (sulfide) groups is 1. The van der Waals surface area contributed by atoms with Crippen LogP contribution in [0.2, 0.25) is 0 Å². The molecule has 0 rings (SSSR count). The van der Waals surface area contributed by atoms with Crippen LogP contribution in [0.4, 0.5) is 0 Å². The van der Waals surface area contributed by atoms with E-state index in [9.17, 15) is 0 Å². The number of nitrogens with one attached hydrogen (secondary N) is 1. The van der Waals surface area contributed by atoms with Gasteiger partial charge >= 0.3 is 0 Å². The summed E-state index contributed by atoms with van der Waals surface area (Å²) >= 11 is 1.95. The maximum atomic E-state index is 3.66. The Bertz CT molecular complexity index is 73.7. The van der Waals surface area contributed by atoms with Gasteiger partial charge < -0.3 is 5.32 Å². The second-order valence-corrected chi connectivity index (χ2v) is 3.22. The van der Waals surface area contributed by atoms with Gasteiger partial charge in [-0.15, -0.1) is 6.58 Å². The molecule has 0 aromatic heterocycles. The van der Waals surface area contributed by atoms with Crippen molar-refractivity contribution in [2.75, 3.05) is 24.6 Å². The van der Waals surface area contributed by atoms with Gasteiger partial charge in [-0.3, -0.25) is 0 Å². The fraction of sp³-hybridized carbons (Fsp3) is 0.750. The van der Waals surface area contributed by atoms with Gasteiger partial charge in [0.05, 0.1) is 0 Å². The molecule has 0 heterocycles. The molecule has 0 amide bonds. The minimum absolute atomic E-state index is 1.09. The van der Waals surface area contributed by atoms with E-state index >= 15 is 0 Å². The largest absolute Gasteiger partial charge is 0.317 e. The topological polar surface area (TPSA) is 12.0 Å². The second-order valence-electron chi connectivity index (χ2n) is 2.07. The maximum absolute atomic E-state index is 3.66. The lowest BCUT2D eigenvalue weighted by atomic mass is 10.5. The minimum atomic E-state index is 1.09. The van der Waals surface area contributed by atoms with Gasteiger partial charge in [0.15, 0.2) is 0 Å². The summed E-state index contributed by atoms with van der Waals surface area (Å²) in [6.45, 7) is 8.04. The monoisotopic (exact) mass is 159 g/mol. The zero-order valence-electron chi connectivity index (χ0n) is 6.73. The Morgan fingerprint density at radius 3 is 3.00 bits per heavy atom. The fourth-order valence-electron chi connectivity index (χ4n) is 0.643. The lowest BCUT2D eigenvalue weighted by Gasteiger charge is -1.99. The summed E-state index contributed by atoms with van der Waals surface area (Å²) in [5.41, 5.74) is 0. The van der Waals surface area contributed by atoms with Crippen molar-refractivity contribution in [1.29, 1.82) is 0 Å². The molecule has 0 aromatic rings. The molecule has 1 N–H and O–H groups in total. The molecule has 10 heavy (non-hydrogen) atoms. The lowest BCUT2D eigenvalue weighted by molar-refractivity contribution is 0.707. The molecule has 2 heteroatoms. The summed E-state index contributed by atoms with van der Waals surface area (Å²) in [4.78, 5) is 0. The first-order chi connectivity index (χ1) is 4.91. The highest BCUT2D eigenvalue weighted by atomic mass is 32.2. The van der Waals surface area contributed by atoms with Crippen molar-refractivity contribution in [2.24, 2.45) is 0 Å². The van der Waals surface area contributed by atoms with E-state index in [1.807, 2.05) is 17.8 Å². The highest BCUT2D eigenvalue weighted by Crippen LogP contribution is 2.00. The summed E-state index contributed by atoms with van der Waals surface area (Å²) in [6.07, 6.45) is 3.23. The van der Waals surface area contributed by atoms with Crippen molar-refractivity contribution in [3.8, 4) is 0 Å². The van der Waals surface area contributed by atoms with Crippen LogP contribution in [0.3, 0.4) is 0 Å². The number of hydrogen-bond acceptors (Lipinski definition) is 2. The van der Waals surface area contributed by atoms with Crippen LogP contribution in [0, 0.1) is 0 Å². The van der Waals surface area contributed by atoms with Crippen molar-refractivity contribution >= 4 is 11.8 Å². The summed E-state index contributed by atoms with van der Waals surface area (Å²) in [7, 11) is 0. The van der Waals surface area contributed by atoms with Gasteiger partial charge in [-0.2, -0.15) is 11.8 Å². The maximum Gasteiger partial charge on any atom is 0.0110 e. The van der Waals surface area contributed by atoms with Gasteiger partial charge in [-0.05, 0) is 25.3 Å². The Morgan fingerprint density at radius 2 is 2.40 bits per heavy atom. The van der Waals surface area contributed by atoms with Crippen LogP contribution in [0.25, 0.3) is 0 Å². The van der Waals surface area contributed by atoms with E-state index in [0.29, 0.717) is 0 Å². The molecule has 0 saturated carbocycles. The van der Waals surface area contributed by atoms with Gasteiger partial charge in [0, 0.05) is 5.75 Å². The molecule has 0 aromatic carbocycles. The third-order valence-corrected chi connectivity index (χ3v) is 2.18. The first kappa shape index (κ1) is 10.0. The average molecular weight is 159 g/mol. The van der Waals surface area contributed by atoms with E-state index in [0.717, 1.165) is 18.8 Å². The van der Waals surface area contributed by atoms with Crippen molar-refractivity contribution < 1.29 is 0 Å². The number of rotatable bonds is 7. The smallest absolute Gasteiger partial charge is 0.0110 e. The van der Waals surface area contributed by atoms with Crippen LogP contribution in [0.5, 0.6) is 0 Å². The molecule has 0 saturated heterocycles. The first-order valence-electron chi connectivity index (χ1n) is 3.81. The normalized spacial score (nSPS) is 9.70. The molecule has 0 aliphatic rings. The quantitative estimate of drug-likeness (QED) is 0.450. The molecule has 0 spiro atoms. The molecule has 1 nitrogen and oxygen atoms in total. The number of hydrogen-bond donors (Lipinski definition) is 1. The van der Waals surface area contributed by atoms with Crippen LogP contribution >= 0.6 is 11.8 Å². The second kappa shape index (κ2) is 9.05. The van der Waals surface area contributed by atoms with E-state index in [4.69, 9.17) is 0 Å². The Kier molecular flexibility index (Phi) is 9.10. The molecular weight excluding hydrogens is 142 g/mol. The van der Waals surface area contributed by atoms with Crippen LogP contribution in [-0.4, -0.2) is 24.6 Å². The van der Waals surface area contributed by atoms with Crippen LogP contribution in [0.15, 0.2) is 12.7 Å². The highest BCUT2D eigenvalue weighted by Gasteiger charge is 1.85. The zero-order valence-corrected chi connectivity index (χ0v) is 7.54. The molecular formula is C8H17NS. The van der Waals surface area contributed by atoms with Crippen molar-refractivity contribution in [3.05, 3.63) is 12.7 Å². The van der Waals surface area contributed by atoms with E-state index in [-0.39, 0.29) is 0 Å². The van der Waals surface area contributed by atoms with E-state index < -0.39 is 0 Å². The van der Waals surface area contributed by atoms with Gasteiger partial charge in [0.1, 0.15) is 0 Å². The third-order valence-electron chi connectivity index (χ3n) is 1.13. The predicted molar refractivity (Wildman–Crippen MR) is 50.7 cm³/mol. The van der Waals surface area contributed by atoms with Crippen molar-refractivity contribution in [3.63, 3.8) is 0 Å². The summed E-state index contributed by atoms with van der Waals surface area (Å²) in [5, 5.41) is 3.29. The molecule has 0 bridgehead atoms. The predicted octanol–water partition coefficient (Wildman–Crippen LogP) is 1.91.